The fourth-order valence-electron chi connectivity index (χ4n) is 3.53. The third kappa shape index (κ3) is 3.59. The fourth-order valence-corrected chi connectivity index (χ4v) is 3.53. The van der Waals surface area contributed by atoms with Crippen molar-refractivity contribution in [1.82, 2.24) is 0 Å². The van der Waals surface area contributed by atoms with Gasteiger partial charge in [0, 0.05) is 24.5 Å². The lowest BCUT2D eigenvalue weighted by Crippen LogP contribution is -2.35. The molecule has 0 heterocycles. The molecule has 3 aromatic rings. The smallest absolute Gasteiger partial charge is 0.250 e. The van der Waals surface area contributed by atoms with Crippen molar-refractivity contribution in [2.45, 2.75) is 40.5 Å². The molecule has 3 aromatic carbocycles. The van der Waals surface area contributed by atoms with Crippen molar-refractivity contribution in [3.8, 4) is 11.1 Å². The number of anilines is 3. The minimum Gasteiger partial charge on any atom is -0.372 e. The average Bonchev–Trinajstić information content (AvgIpc) is 2.70. The molecule has 1 N–H and O–H groups in total. The molecule has 0 saturated heterocycles. The molecule has 28 heavy (non-hydrogen) atoms. The van der Waals surface area contributed by atoms with Gasteiger partial charge < -0.3 is 10.2 Å². The summed E-state index contributed by atoms with van der Waals surface area (Å²) >= 11 is 0. The van der Waals surface area contributed by atoms with Crippen LogP contribution in [0.4, 0.5) is 17.1 Å². The van der Waals surface area contributed by atoms with Crippen LogP contribution in [0, 0.1) is 6.92 Å². The van der Waals surface area contributed by atoms with E-state index in [1.165, 1.54) is 5.56 Å². The molecule has 0 aromatic heterocycles. The van der Waals surface area contributed by atoms with Crippen LogP contribution in [0.1, 0.15) is 44.7 Å². The van der Waals surface area contributed by atoms with Gasteiger partial charge in [-0.15, -0.1) is 0 Å². The van der Waals surface area contributed by atoms with E-state index in [9.17, 15) is 9.59 Å². The summed E-state index contributed by atoms with van der Waals surface area (Å²) in [5.74, 6) is 0.423. The molecule has 3 rings (SSSR count). The Labute approximate surface area is 166 Å². The number of nitrogens with zero attached hydrogens (tertiary/aromatic N) is 1. The summed E-state index contributed by atoms with van der Waals surface area (Å²) in [5, 5.41) is 3.21. The van der Waals surface area contributed by atoms with E-state index >= 15 is 0 Å². The highest BCUT2D eigenvalue weighted by Gasteiger charge is 2.23. The third-order valence-corrected chi connectivity index (χ3v) is 5.37. The molecule has 0 aliphatic heterocycles. The Bertz CT molecular complexity index is 1040. The van der Waals surface area contributed by atoms with E-state index in [0.717, 1.165) is 35.6 Å². The molecule has 0 saturated carbocycles. The fraction of sp³-hybridized carbons (Fsp3) is 0.333. The zero-order valence-electron chi connectivity index (χ0n) is 17.3. The summed E-state index contributed by atoms with van der Waals surface area (Å²) in [7, 11) is 0. The lowest BCUT2D eigenvalue weighted by atomic mass is 9.95. The molecule has 0 bridgehead atoms. The Morgan fingerprint density at radius 1 is 0.929 bits per heavy atom. The van der Waals surface area contributed by atoms with Crippen LogP contribution >= 0.6 is 0 Å². The Morgan fingerprint density at radius 2 is 1.57 bits per heavy atom. The Hall–Kier alpha value is -2.88. The second-order valence-corrected chi connectivity index (χ2v) is 7.48. The highest BCUT2D eigenvalue weighted by molar-refractivity contribution is 5.85. The van der Waals surface area contributed by atoms with Gasteiger partial charge in [0.25, 0.3) is 5.43 Å². The first kappa shape index (κ1) is 19.9. The van der Waals surface area contributed by atoms with E-state index in [-0.39, 0.29) is 0 Å². The quantitative estimate of drug-likeness (QED) is 0.592. The van der Waals surface area contributed by atoms with E-state index in [2.05, 4.69) is 44.0 Å². The SMILES string of the molecule is CCN(CC)c1ccc(Nc2c(-c3ccc(C(C)C)cc3)c(=O)c2=O)c(C)c1. The molecular weight excluding hydrogens is 348 g/mol. The predicted octanol–water partition coefficient (Wildman–Crippen LogP) is 4.97. The van der Waals surface area contributed by atoms with Crippen molar-refractivity contribution < 1.29 is 0 Å². The highest BCUT2D eigenvalue weighted by Crippen LogP contribution is 2.30. The molecule has 0 amide bonds. The molecule has 0 aliphatic rings. The summed E-state index contributed by atoms with van der Waals surface area (Å²) in [6, 6.07) is 14.0. The first-order valence-electron chi connectivity index (χ1n) is 9.93. The average molecular weight is 377 g/mol. The number of hydrogen-bond acceptors (Lipinski definition) is 4. The maximum atomic E-state index is 12.2. The zero-order chi connectivity index (χ0) is 20.4. The molecule has 146 valence electrons. The predicted molar refractivity (Wildman–Crippen MR) is 119 cm³/mol. The molecule has 0 spiro atoms. The maximum absolute atomic E-state index is 12.2. The molecule has 0 atom stereocenters. The van der Waals surface area contributed by atoms with Gasteiger partial charge in [-0.05, 0) is 61.6 Å². The van der Waals surface area contributed by atoms with Crippen molar-refractivity contribution in [2.24, 2.45) is 0 Å². The van der Waals surface area contributed by atoms with Crippen molar-refractivity contribution in [3.63, 3.8) is 0 Å². The largest absolute Gasteiger partial charge is 0.372 e. The summed E-state index contributed by atoms with van der Waals surface area (Å²) < 4.78 is 0. The summed E-state index contributed by atoms with van der Waals surface area (Å²) in [5.41, 5.74) is 5.04. The lowest BCUT2D eigenvalue weighted by Gasteiger charge is -2.23. The highest BCUT2D eigenvalue weighted by atomic mass is 16.2. The first-order valence-corrected chi connectivity index (χ1v) is 9.93. The molecule has 4 nitrogen and oxygen atoms in total. The number of rotatable bonds is 7. The van der Waals surface area contributed by atoms with Gasteiger partial charge in [0.05, 0.1) is 5.56 Å². The van der Waals surface area contributed by atoms with Crippen molar-refractivity contribution in [3.05, 3.63) is 74.0 Å². The summed E-state index contributed by atoms with van der Waals surface area (Å²) in [4.78, 5) is 26.7. The van der Waals surface area contributed by atoms with Crippen LogP contribution in [0.5, 0.6) is 0 Å². The van der Waals surface area contributed by atoms with E-state index in [4.69, 9.17) is 0 Å². The van der Waals surface area contributed by atoms with Gasteiger partial charge in [0.1, 0.15) is 5.69 Å². The summed E-state index contributed by atoms with van der Waals surface area (Å²) in [6.07, 6.45) is 0. The van der Waals surface area contributed by atoms with Crippen LogP contribution in [-0.4, -0.2) is 13.1 Å². The van der Waals surface area contributed by atoms with Crippen LogP contribution in [0.2, 0.25) is 0 Å². The minimum atomic E-state index is -0.449. The van der Waals surface area contributed by atoms with Crippen LogP contribution in [0.3, 0.4) is 0 Å². The van der Waals surface area contributed by atoms with E-state index < -0.39 is 10.9 Å². The summed E-state index contributed by atoms with van der Waals surface area (Å²) in [6.45, 7) is 12.4. The monoisotopic (exact) mass is 376 g/mol. The number of nitrogens with one attached hydrogen (secondary N) is 1. The lowest BCUT2D eigenvalue weighted by molar-refractivity contribution is 0.866. The second kappa shape index (κ2) is 8.01. The van der Waals surface area contributed by atoms with Gasteiger partial charge in [0.15, 0.2) is 0 Å². The first-order chi connectivity index (χ1) is 13.4. The Morgan fingerprint density at radius 3 is 2.11 bits per heavy atom. The van der Waals surface area contributed by atoms with Gasteiger partial charge in [-0.25, -0.2) is 0 Å². The molecule has 0 unspecified atom stereocenters. The standard InChI is InChI=1S/C24H28N2O2/c1-6-26(7-2)19-12-13-20(16(5)14-19)25-22-21(23(27)24(22)28)18-10-8-17(9-11-18)15(3)4/h8-15,25H,6-7H2,1-5H3. The van der Waals surface area contributed by atoms with Gasteiger partial charge in [-0.3, -0.25) is 9.59 Å². The van der Waals surface area contributed by atoms with Crippen molar-refractivity contribution in [2.75, 3.05) is 23.3 Å². The van der Waals surface area contributed by atoms with Crippen molar-refractivity contribution in [1.29, 1.82) is 0 Å². The van der Waals surface area contributed by atoms with Crippen LogP contribution in [0.15, 0.2) is 52.1 Å². The number of hydrogen-bond donors (Lipinski definition) is 1. The van der Waals surface area contributed by atoms with E-state index in [0.29, 0.717) is 17.2 Å². The van der Waals surface area contributed by atoms with Gasteiger partial charge in [-0.2, -0.15) is 0 Å². The Balaban J connectivity index is 1.91. The molecular formula is C24H28N2O2. The topological polar surface area (TPSA) is 49.4 Å². The van der Waals surface area contributed by atoms with Gasteiger partial charge >= 0.3 is 0 Å². The van der Waals surface area contributed by atoms with Crippen LogP contribution in [-0.2, 0) is 0 Å². The third-order valence-electron chi connectivity index (χ3n) is 5.37. The normalized spacial score (nSPS) is 11.2. The zero-order valence-corrected chi connectivity index (χ0v) is 17.3. The minimum absolute atomic E-state index is 0.390. The molecule has 4 heteroatoms. The van der Waals surface area contributed by atoms with E-state index in [1.54, 1.807) is 0 Å². The molecule has 0 radical (unpaired) electrons. The second-order valence-electron chi connectivity index (χ2n) is 7.48. The van der Waals surface area contributed by atoms with Crippen molar-refractivity contribution >= 4 is 17.1 Å². The van der Waals surface area contributed by atoms with Crippen LogP contribution in [0.25, 0.3) is 11.1 Å². The Kier molecular flexibility index (Phi) is 5.68. The van der Waals surface area contributed by atoms with E-state index in [1.807, 2.05) is 43.3 Å². The van der Waals surface area contributed by atoms with Crippen LogP contribution < -0.4 is 21.1 Å². The maximum Gasteiger partial charge on any atom is 0.250 e. The molecule has 0 aliphatic carbocycles. The van der Waals surface area contributed by atoms with Gasteiger partial charge in [0.2, 0.25) is 5.43 Å². The van der Waals surface area contributed by atoms with Gasteiger partial charge in [-0.1, -0.05) is 38.1 Å². The number of benzene rings is 2. The number of aryl methyl sites for hydroxylation is 1. The molecule has 0 fully saturated rings.